The number of aliphatic carboxylic acids is 1. The molecule has 3 N–H and O–H groups in total. The van der Waals surface area contributed by atoms with Crippen LogP contribution in [0.25, 0.3) is 0 Å². The molecule has 0 aliphatic heterocycles. The Bertz CT molecular complexity index is 271. The molecular weight excluding hydrogens is 190 g/mol. The zero-order valence-electron chi connectivity index (χ0n) is 9.46. The topological polar surface area (TPSA) is 63.3 Å². The molecule has 0 bridgehead atoms. The van der Waals surface area contributed by atoms with Crippen LogP contribution in [0, 0.1) is 11.3 Å². The first-order valence-electron chi connectivity index (χ1n) is 6.01. The van der Waals surface area contributed by atoms with Crippen LogP contribution in [0.5, 0.6) is 0 Å². The molecule has 0 radical (unpaired) electrons. The Labute approximate surface area is 91.0 Å². The van der Waals surface area contributed by atoms with Gasteiger partial charge in [-0.1, -0.05) is 19.8 Å². The average Bonchev–Trinajstić information content (AvgIpc) is 2.62. The Kier molecular flexibility index (Phi) is 2.53. The highest BCUT2D eigenvalue weighted by atomic mass is 16.4. The second-order valence-corrected chi connectivity index (χ2v) is 5.64. The van der Waals surface area contributed by atoms with Crippen molar-refractivity contribution in [1.29, 1.82) is 0 Å². The van der Waals surface area contributed by atoms with E-state index in [1.807, 2.05) is 0 Å². The summed E-state index contributed by atoms with van der Waals surface area (Å²) in [5.74, 6) is -0.350. The largest absolute Gasteiger partial charge is 0.480 e. The fraction of sp³-hybridized carbons (Fsp3) is 0.917. The Hall–Kier alpha value is -0.570. The molecule has 0 heterocycles. The summed E-state index contributed by atoms with van der Waals surface area (Å²) in [4.78, 5) is 11.1. The molecular formula is C12H21NO2. The first-order valence-corrected chi connectivity index (χ1v) is 6.01. The maximum Gasteiger partial charge on any atom is 0.323 e. The summed E-state index contributed by atoms with van der Waals surface area (Å²) in [5, 5.41) is 9.12. The quantitative estimate of drug-likeness (QED) is 0.698. The molecule has 2 aliphatic carbocycles. The molecule has 2 aliphatic rings. The molecule has 0 saturated heterocycles. The minimum Gasteiger partial charge on any atom is -0.480 e. The zero-order valence-corrected chi connectivity index (χ0v) is 9.46. The minimum absolute atomic E-state index is 0.429. The van der Waals surface area contributed by atoms with Crippen molar-refractivity contribution in [3.8, 4) is 0 Å². The average molecular weight is 211 g/mol. The van der Waals surface area contributed by atoms with Gasteiger partial charge < -0.3 is 10.8 Å². The summed E-state index contributed by atoms with van der Waals surface area (Å²) in [7, 11) is 0. The normalized spacial score (nSPS) is 39.5. The van der Waals surface area contributed by atoms with Crippen molar-refractivity contribution < 1.29 is 9.90 Å². The van der Waals surface area contributed by atoms with Crippen LogP contribution < -0.4 is 5.73 Å². The molecule has 1 spiro atoms. The van der Waals surface area contributed by atoms with Gasteiger partial charge in [0.15, 0.2) is 0 Å². The molecule has 2 rings (SSSR count). The summed E-state index contributed by atoms with van der Waals surface area (Å²) < 4.78 is 0. The highest BCUT2D eigenvalue weighted by Gasteiger charge is 2.49. The third-order valence-corrected chi connectivity index (χ3v) is 4.81. The second-order valence-electron chi connectivity index (χ2n) is 5.64. The molecule has 0 aromatic rings. The molecule has 2 atom stereocenters. The van der Waals surface area contributed by atoms with Crippen LogP contribution >= 0.6 is 0 Å². The second kappa shape index (κ2) is 3.48. The van der Waals surface area contributed by atoms with Crippen molar-refractivity contribution in [2.75, 3.05) is 0 Å². The predicted octanol–water partition coefficient (Wildman–Crippen LogP) is 2.15. The van der Waals surface area contributed by atoms with Gasteiger partial charge in [0.2, 0.25) is 0 Å². The maximum atomic E-state index is 11.1. The van der Waals surface area contributed by atoms with Gasteiger partial charge in [0.25, 0.3) is 0 Å². The Morgan fingerprint density at radius 1 is 1.27 bits per heavy atom. The SMILES string of the molecule is CC1CC(N)(C(=O)O)CCC12CCCC2. The number of carboxylic acid groups (broad SMARTS) is 1. The first-order chi connectivity index (χ1) is 6.99. The zero-order chi connectivity index (χ0) is 11.1. The number of carbonyl (C=O) groups is 1. The van der Waals surface area contributed by atoms with Crippen molar-refractivity contribution in [3.63, 3.8) is 0 Å². The van der Waals surface area contributed by atoms with E-state index in [1.54, 1.807) is 0 Å². The predicted molar refractivity (Wildman–Crippen MR) is 58.5 cm³/mol. The highest BCUT2D eigenvalue weighted by Crippen LogP contribution is 2.53. The summed E-state index contributed by atoms with van der Waals surface area (Å²) in [6.45, 7) is 2.19. The minimum atomic E-state index is -0.951. The molecule has 0 aromatic carbocycles. The number of hydrogen-bond donors (Lipinski definition) is 2. The van der Waals surface area contributed by atoms with Crippen molar-refractivity contribution in [1.82, 2.24) is 0 Å². The van der Waals surface area contributed by atoms with E-state index in [9.17, 15) is 4.79 Å². The fourth-order valence-electron chi connectivity index (χ4n) is 3.60. The summed E-state index contributed by atoms with van der Waals surface area (Å²) in [6, 6.07) is 0. The van der Waals surface area contributed by atoms with Gasteiger partial charge in [0, 0.05) is 0 Å². The van der Waals surface area contributed by atoms with Crippen LogP contribution in [0.2, 0.25) is 0 Å². The number of rotatable bonds is 1. The Morgan fingerprint density at radius 2 is 1.87 bits per heavy atom. The molecule has 0 amide bonds. The van der Waals surface area contributed by atoms with Crippen molar-refractivity contribution in [2.45, 2.75) is 57.4 Å². The van der Waals surface area contributed by atoms with Gasteiger partial charge in [-0.05, 0) is 43.4 Å². The van der Waals surface area contributed by atoms with Crippen LogP contribution in [0.3, 0.4) is 0 Å². The first kappa shape index (κ1) is 10.9. The van der Waals surface area contributed by atoms with E-state index in [2.05, 4.69) is 6.92 Å². The van der Waals surface area contributed by atoms with Crippen LogP contribution in [0.4, 0.5) is 0 Å². The lowest BCUT2D eigenvalue weighted by molar-refractivity contribution is -0.147. The molecule has 86 valence electrons. The molecule has 2 saturated carbocycles. The Balaban J connectivity index is 2.12. The van der Waals surface area contributed by atoms with Gasteiger partial charge in [-0.25, -0.2) is 0 Å². The fourth-order valence-corrected chi connectivity index (χ4v) is 3.60. The molecule has 15 heavy (non-hydrogen) atoms. The molecule has 0 aromatic heterocycles. The summed E-state index contributed by atoms with van der Waals surface area (Å²) in [6.07, 6.45) is 7.52. The van der Waals surface area contributed by atoms with Gasteiger partial charge in [0.05, 0.1) is 0 Å². The monoisotopic (exact) mass is 211 g/mol. The third-order valence-electron chi connectivity index (χ3n) is 4.81. The van der Waals surface area contributed by atoms with Gasteiger partial charge in [0.1, 0.15) is 5.54 Å². The van der Waals surface area contributed by atoms with Crippen molar-refractivity contribution in [3.05, 3.63) is 0 Å². The van der Waals surface area contributed by atoms with E-state index >= 15 is 0 Å². The summed E-state index contributed by atoms with van der Waals surface area (Å²) in [5.41, 5.74) is 5.42. The summed E-state index contributed by atoms with van der Waals surface area (Å²) >= 11 is 0. The molecule has 2 unspecified atom stereocenters. The van der Waals surface area contributed by atoms with E-state index < -0.39 is 11.5 Å². The smallest absolute Gasteiger partial charge is 0.323 e. The van der Waals surface area contributed by atoms with Crippen LogP contribution in [0.15, 0.2) is 0 Å². The standard InChI is InChI=1S/C12H21NO2/c1-9-8-12(13,10(14)15)7-6-11(9)4-2-3-5-11/h9H,2-8,13H2,1H3,(H,14,15). The van der Waals surface area contributed by atoms with Gasteiger partial charge >= 0.3 is 5.97 Å². The lowest BCUT2D eigenvalue weighted by Crippen LogP contribution is -2.54. The van der Waals surface area contributed by atoms with Crippen LogP contribution in [0.1, 0.15) is 51.9 Å². The number of carboxylic acids is 1. The van der Waals surface area contributed by atoms with Crippen molar-refractivity contribution in [2.24, 2.45) is 17.1 Å². The van der Waals surface area contributed by atoms with E-state index in [-0.39, 0.29) is 0 Å². The third kappa shape index (κ3) is 1.67. The van der Waals surface area contributed by atoms with Crippen LogP contribution in [-0.2, 0) is 4.79 Å². The number of hydrogen-bond acceptors (Lipinski definition) is 2. The van der Waals surface area contributed by atoms with E-state index in [4.69, 9.17) is 10.8 Å². The van der Waals surface area contributed by atoms with Gasteiger partial charge in [-0.3, -0.25) is 4.79 Å². The van der Waals surface area contributed by atoms with Gasteiger partial charge in [-0.2, -0.15) is 0 Å². The lowest BCUT2D eigenvalue weighted by atomic mass is 9.61. The van der Waals surface area contributed by atoms with E-state index in [1.165, 1.54) is 25.7 Å². The number of nitrogens with two attached hydrogens (primary N) is 1. The highest BCUT2D eigenvalue weighted by molar-refractivity contribution is 5.78. The molecule has 3 heteroatoms. The Morgan fingerprint density at radius 3 is 2.33 bits per heavy atom. The maximum absolute atomic E-state index is 11.1. The van der Waals surface area contributed by atoms with Crippen LogP contribution in [-0.4, -0.2) is 16.6 Å². The van der Waals surface area contributed by atoms with E-state index in [0.717, 1.165) is 6.42 Å². The molecule has 2 fully saturated rings. The lowest BCUT2D eigenvalue weighted by Gasteiger charge is -2.46. The van der Waals surface area contributed by atoms with Gasteiger partial charge in [-0.15, -0.1) is 0 Å². The molecule has 3 nitrogen and oxygen atoms in total. The van der Waals surface area contributed by atoms with Crippen molar-refractivity contribution >= 4 is 5.97 Å². The van der Waals surface area contributed by atoms with E-state index in [0.29, 0.717) is 24.2 Å².